The first kappa shape index (κ1) is 15.2. The van der Waals surface area contributed by atoms with Crippen molar-refractivity contribution in [1.29, 1.82) is 0 Å². The maximum atomic E-state index is 10.2. The molecule has 0 spiro atoms. The third-order valence-electron chi connectivity index (χ3n) is 3.47. The van der Waals surface area contributed by atoms with Crippen molar-refractivity contribution in [2.75, 3.05) is 19.6 Å². The first-order chi connectivity index (χ1) is 9.04. The molecule has 1 N–H and O–H groups in total. The zero-order chi connectivity index (χ0) is 13.8. The van der Waals surface area contributed by atoms with Crippen molar-refractivity contribution < 1.29 is 5.11 Å². The van der Waals surface area contributed by atoms with Crippen molar-refractivity contribution in [3.63, 3.8) is 0 Å². The summed E-state index contributed by atoms with van der Waals surface area (Å²) in [7, 11) is 0. The van der Waals surface area contributed by atoms with Crippen LogP contribution in [-0.2, 0) is 0 Å². The Morgan fingerprint density at radius 3 is 2.42 bits per heavy atom. The van der Waals surface area contributed by atoms with E-state index in [4.69, 9.17) is 11.6 Å². The van der Waals surface area contributed by atoms with Crippen LogP contribution in [0.1, 0.15) is 31.9 Å². The summed E-state index contributed by atoms with van der Waals surface area (Å²) in [4.78, 5) is 2.46. The summed E-state index contributed by atoms with van der Waals surface area (Å²) >= 11 is 7.91. The van der Waals surface area contributed by atoms with Crippen LogP contribution in [0.15, 0.2) is 24.3 Å². The second-order valence-electron chi connectivity index (χ2n) is 5.37. The van der Waals surface area contributed by atoms with E-state index in [1.165, 1.54) is 0 Å². The molecule has 4 heteroatoms. The molecule has 2 nitrogen and oxygen atoms in total. The summed E-state index contributed by atoms with van der Waals surface area (Å²) in [6.07, 6.45) is 0.392. The molecular formula is C15H22ClNOS. The van der Waals surface area contributed by atoms with E-state index in [-0.39, 0.29) is 0 Å². The lowest BCUT2D eigenvalue weighted by Gasteiger charge is -2.35. The van der Waals surface area contributed by atoms with Gasteiger partial charge in [-0.15, -0.1) is 0 Å². The normalized spacial score (nSPS) is 26.3. The Bertz CT molecular complexity index is 388. The van der Waals surface area contributed by atoms with E-state index in [9.17, 15) is 5.11 Å². The fourth-order valence-corrected chi connectivity index (χ4v) is 4.14. The zero-order valence-corrected chi connectivity index (χ0v) is 13.1. The summed E-state index contributed by atoms with van der Waals surface area (Å²) in [5, 5.41) is 12.3. The minimum absolute atomic E-state index is 0.391. The van der Waals surface area contributed by atoms with Gasteiger partial charge in [-0.1, -0.05) is 37.6 Å². The van der Waals surface area contributed by atoms with E-state index in [1.807, 2.05) is 24.3 Å². The van der Waals surface area contributed by atoms with Crippen molar-refractivity contribution in [3.05, 3.63) is 34.9 Å². The molecule has 3 unspecified atom stereocenters. The number of hydrogen-bond donors (Lipinski definition) is 1. The maximum absolute atomic E-state index is 10.2. The van der Waals surface area contributed by atoms with Gasteiger partial charge in [-0.05, 0) is 24.1 Å². The van der Waals surface area contributed by atoms with Gasteiger partial charge in [-0.2, -0.15) is 11.8 Å². The SMILES string of the molecule is CC1CN(CCC(O)c2ccc(Cl)cc2)CC(C)S1. The van der Waals surface area contributed by atoms with Crippen LogP contribution in [0.4, 0.5) is 0 Å². The van der Waals surface area contributed by atoms with Crippen LogP contribution in [-0.4, -0.2) is 40.1 Å². The molecule has 0 aromatic heterocycles. The summed E-state index contributed by atoms with van der Waals surface area (Å²) in [6.45, 7) is 7.77. The number of halogens is 1. The van der Waals surface area contributed by atoms with Crippen molar-refractivity contribution in [2.45, 2.75) is 36.9 Å². The monoisotopic (exact) mass is 299 g/mol. The Kier molecular flexibility index (Phi) is 5.58. The second-order valence-corrected chi connectivity index (χ2v) is 7.69. The molecule has 1 fully saturated rings. The molecule has 3 atom stereocenters. The summed E-state index contributed by atoms with van der Waals surface area (Å²) in [6, 6.07) is 7.48. The summed E-state index contributed by atoms with van der Waals surface area (Å²) in [5.41, 5.74) is 0.955. The van der Waals surface area contributed by atoms with Gasteiger partial charge >= 0.3 is 0 Å². The summed E-state index contributed by atoms with van der Waals surface area (Å²) in [5.74, 6) is 0. The van der Waals surface area contributed by atoms with Gasteiger partial charge in [0.2, 0.25) is 0 Å². The lowest BCUT2D eigenvalue weighted by molar-refractivity contribution is 0.141. The summed E-state index contributed by atoms with van der Waals surface area (Å²) < 4.78 is 0. The van der Waals surface area contributed by atoms with Gasteiger partial charge in [0.1, 0.15) is 0 Å². The highest BCUT2D eigenvalue weighted by Crippen LogP contribution is 2.26. The molecule has 0 saturated carbocycles. The van der Waals surface area contributed by atoms with Crippen molar-refractivity contribution in [2.24, 2.45) is 0 Å². The third-order valence-corrected chi connectivity index (χ3v) is 4.95. The number of rotatable bonds is 4. The lowest BCUT2D eigenvalue weighted by Crippen LogP contribution is -2.41. The Morgan fingerprint density at radius 1 is 1.26 bits per heavy atom. The van der Waals surface area contributed by atoms with Crippen LogP contribution in [0, 0.1) is 0 Å². The average molecular weight is 300 g/mol. The van der Waals surface area contributed by atoms with Gasteiger partial charge in [0.05, 0.1) is 6.10 Å². The van der Waals surface area contributed by atoms with E-state index >= 15 is 0 Å². The fourth-order valence-electron chi connectivity index (χ4n) is 2.62. The van der Waals surface area contributed by atoms with E-state index in [1.54, 1.807) is 0 Å². The molecule has 1 heterocycles. The van der Waals surface area contributed by atoms with Crippen LogP contribution in [0.5, 0.6) is 0 Å². The van der Waals surface area contributed by atoms with Gasteiger partial charge in [0, 0.05) is 35.2 Å². The van der Waals surface area contributed by atoms with Gasteiger partial charge in [-0.25, -0.2) is 0 Å². The number of aliphatic hydroxyl groups is 1. The minimum atomic E-state index is -0.391. The molecule has 0 aliphatic carbocycles. The Labute approximate surface area is 125 Å². The second kappa shape index (κ2) is 6.98. The molecule has 0 radical (unpaired) electrons. The van der Waals surface area contributed by atoms with Crippen LogP contribution in [0.3, 0.4) is 0 Å². The van der Waals surface area contributed by atoms with Crippen LogP contribution in [0.25, 0.3) is 0 Å². The van der Waals surface area contributed by atoms with E-state index in [0.717, 1.165) is 31.6 Å². The predicted molar refractivity (Wildman–Crippen MR) is 84.0 cm³/mol. The molecule has 1 aliphatic heterocycles. The van der Waals surface area contributed by atoms with E-state index in [0.29, 0.717) is 15.5 Å². The van der Waals surface area contributed by atoms with Gasteiger partial charge in [0.15, 0.2) is 0 Å². The fraction of sp³-hybridized carbons (Fsp3) is 0.600. The van der Waals surface area contributed by atoms with Gasteiger partial charge in [0.25, 0.3) is 0 Å². The standard InChI is InChI=1S/C15H22ClNOS/c1-11-9-17(10-12(2)19-11)8-7-15(18)13-3-5-14(16)6-4-13/h3-6,11-12,15,18H,7-10H2,1-2H3. The molecule has 1 saturated heterocycles. The molecule has 19 heavy (non-hydrogen) atoms. The van der Waals surface area contributed by atoms with E-state index in [2.05, 4.69) is 30.5 Å². The first-order valence-electron chi connectivity index (χ1n) is 6.86. The molecule has 1 aromatic carbocycles. The quantitative estimate of drug-likeness (QED) is 0.919. The van der Waals surface area contributed by atoms with Crippen molar-refractivity contribution in [3.8, 4) is 0 Å². The van der Waals surface area contributed by atoms with Gasteiger partial charge < -0.3 is 10.0 Å². The molecular weight excluding hydrogens is 278 g/mol. The van der Waals surface area contributed by atoms with Crippen LogP contribution in [0.2, 0.25) is 5.02 Å². The number of benzene rings is 1. The van der Waals surface area contributed by atoms with Crippen LogP contribution >= 0.6 is 23.4 Å². The highest BCUT2D eigenvalue weighted by Gasteiger charge is 2.22. The molecule has 1 aromatic rings. The number of aliphatic hydroxyl groups excluding tert-OH is 1. The Balaban J connectivity index is 1.83. The highest BCUT2D eigenvalue weighted by molar-refractivity contribution is 8.00. The molecule has 106 valence electrons. The Morgan fingerprint density at radius 2 is 1.84 bits per heavy atom. The lowest BCUT2D eigenvalue weighted by atomic mass is 10.1. The zero-order valence-electron chi connectivity index (χ0n) is 11.6. The first-order valence-corrected chi connectivity index (χ1v) is 8.18. The predicted octanol–water partition coefficient (Wildman–Crippen LogP) is 3.59. The van der Waals surface area contributed by atoms with Crippen molar-refractivity contribution in [1.82, 2.24) is 4.90 Å². The third kappa shape index (κ3) is 4.67. The molecule has 0 amide bonds. The molecule has 2 rings (SSSR count). The number of nitrogens with zero attached hydrogens (tertiary/aromatic N) is 1. The molecule has 0 bridgehead atoms. The maximum Gasteiger partial charge on any atom is 0.0802 e. The highest BCUT2D eigenvalue weighted by atomic mass is 35.5. The average Bonchev–Trinajstić information content (AvgIpc) is 2.36. The van der Waals surface area contributed by atoms with Gasteiger partial charge in [-0.3, -0.25) is 0 Å². The van der Waals surface area contributed by atoms with Crippen LogP contribution < -0.4 is 0 Å². The number of thioether (sulfide) groups is 1. The van der Waals surface area contributed by atoms with Crippen molar-refractivity contribution >= 4 is 23.4 Å². The molecule has 1 aliphatic rings. The Hall–Kier alpha value is -0.220. The minimum Gasteiger partial charge on any atom is -0.388 e. The topological polar surface area (TPSA) is 23.5 Å². The largest absolute Gasteiger partial charge is 0.388 e. The van der Waals surface area contributed by atoms with E-state index < -0.39 is 6.10 Å². The smallest absolute Gasteiger partial charge is 0.0802 e. The number of hydrogen-bond acceptors (Lipinski definition) is 3.